The quantitative estimate of drug-likeness (QED) is 0.429. The molecular weight excluding hydrogens is 107 g/mol. The fourth-order valence-electron chi connectivity index (χ4n) is 0. The molecule has 0 aliphatic rings. The molecule has 0 spiro atoms. The van der Waals surface area contributed by atoms with Crippen LogP contribution in [0.5, 0.6) is 0 Å². The van der Waals surface area contributed by atoms with Crippen LogP contribution in [0, 0.1) is 0 Å². The topological polar surface area (TPSA) is 23.1 Å². The van der Waals surface area contributed by atoms with Gasteiger partial charge in [-0.15, -0.1) is 0 Å². The highest BCUT2D eigenvalue weighted by molar-refractivity contribution is 7.72. The molecule has 0 aromatic rings. The zero-order valence-electron chi connectivity index (χ0n) is 5.86. The first-order valence-electron chi connectivity index (χ1n) is 2.20. The molecule has 0 atom stereocenters. The largest absolute Gasteiger partial charge is 0.857 e. The van der Waals surface area contributed by atoms with E-state index in [2.05, 4.69) is 26.7 Å². The Balaban J connectivity index is 0. The van der Waals surface area contributed by atoms with Crippen LogP contribution in [0.2, 0.25) is 0 Å². The van der Waals surface area contributed by atoms with Crippen molar-refractivity contribution in [3.8, 4) is 0 Å². The molecule has 0 aliphatic heterocycles. The van der Waals surface area contributed by atoms with E-state index < -0.39 is 0 Å². The van der Waals surface area contributed by atoms with Crippen molar-refractivity contribution in [1.29, 1.82) is 0 Å². The standard InChI is InChI=1S/C4H12P.CH3O/c1-5(2,3)4;1-2/h1-4H3;1H3/q+1;-1. The summed E-state index contributed by atoms with van der Waals surface area (Å²) in [6.45, 7) is 9.19. The van der Waals surface area contributed by atoms with Crippen LogP contribution in [0.4, 0.5) is 0 Å². The Kier molecular flexibility index (Phi) is 6.75. The van der Waals surface area contributed by atoms with Crippen LogP contribution in [0.3, 0.4) is 0 Å². The van der Waals surface area contributed by atoms with E-state index in [1.54, 1.807) is 0 Å². The Morgan fingerprint density at radius 2 is 0.857 bits per heavy atom. The molecule has 0 bridgehead atoms. The summed E-state index contributed by atoms with van der Waals surface area (Å²) in [5.41, 5.74) is 0. The van der Waals surface area contributed by atoms with Crippen LogP contribution < -0.4 is 5.11 Å². The Morgan fingerprint density at radius 1 is 0.857 bits per heavy atom. The van der Waals surface area contributed by atoms with Gasteiger partial charge in [0.2, 0.25) is 0 Å². The first-order valence-corrected chi connectivity index (χ1v) is 5.77. The van der Waals surface area contributed by atoms with Crippen molar-refractivity contribution < 1.29 is 5.11 Å². The molecule has 0 unspecified atom stereocenters. The van der Waals surface area contributed by atoms with Crippen LogP contribution in [-0.4, -0.2) is 33.8 Å². The van der Waals surface area contributed by atoms with E-state index in [9.17, 15) is 0 Å². The Morgan fingerprint density at radius 3 is 0.857 bits per heavy atom. The third kappa shape index (κ3) is 810. The first kappa shape index (κ1) is 10.4. The van der Waals surface area contributed by atoms with Gasteiger partial charge in [0.1, 0.15) is 0 Å². The maximum absolute atomic E-state index is 8.25. The molecule has 0 aromatic carbocycles. The van der Waals surface area contributed by atoms with Gasteiger partial charge in [0, 0.05) is 33.9 Å². The number of rotatable bonds is 0. The van der Waals surface area contributed by atoms with E-state index in [-0.39, 0.29) is 7.26 Å². The smallest absolute Gasteiger partial charge is 0.0481 e. The molecule has 0 amide bonds. The summed E-state index contributed by atoms with van der Waals surface area (Å²) in [6.07, 6.45) is 0. The lowest BCUT2D eigenvalue weighted by Crippen LogP contribution is -1.81. The molecule has 46 valence electrons. The third-order valence-electron chi connectivity index (χ3n) is 0. The van der Waals surface area contributed by atoms with Crippen molar-refractivity contribution in [2.24, 2.45) is 0 Å². The highest BCUT2D eigenvalue weighted by Gasteiger charge is 2.03. The maximum atomic E-state index is 8.25. The highest BCUT2D eigenvalue weighted by Crippen LogP contribution is 2.40. The molecule has 0 radical (unpaired) electrons. The summed E-state index contributed by atoms with van der Waals surface area (Å²) in [6, 6.07) is 0. The summed E-state index contributed by atoms with van der Waals surface area (Å²) in [4.78, 5) is 0. The van der Waals surface area contributed by atoms with Gasteiger partial charge in [-0.25, -0.2) is 0 Å². The predicted molar refractivity (Wildman–Crippen MR) is 36.5 cm³/mol. The van der Waals surface area contributed by atoms with Gasteiger partial charge in [-0.1, -0.05) is 0 Å². The fourth-order valence-corrected chi connectivity index (χ4v) is 0. The molecule has 0 N–H and O–H groups in total. The van der Waals surface area contributed by atoms with E-state index in [0.29, 0.717) is 0 Å². The number of hydrogen-bond acceptors (Lipinski definition) is 1. The van der Waals surface area contributed by atoms with E-state index >= 15 is 0 Å². The first-order chi connectivity index (χ1) is 3.00. The minimum Gasteiger partial charge on any atom is -0.857 e. The zero-order chi connectivity index (χ0) is 6.50. The molecule has 1 nitrogen and oxygen atoms in total. The van der Waals surface area contributed by atoms with Gasteiger partial charge in [-0.05, 0) is 0 Å². The molecule has 0 aliphatic carbocycles. The summed E-state index contributed by atoms with van der Waals surface area (Å²) in [7, 11) is 0.361. The normalized spacial score (nSPS) is 9.43. The van der Waals surface area contributed by atoms with Crippen molar-refractivity contribution >= 4 is 7.26 Å². The predicted octanol–water partition coefficient (Wildman–Crippen LogP) is 0.500. The third-order valence-corrected chi connectivity index (χ3v) is 0. The lowest BCUT2D eigenvalue weighted by atomic mass is 11.8. The Labute approximate surface area is 47.1 Å². The van der Waals surface area contributed by atoms with Crippen molar-refractivity contribution in [3.63, 3.8) is 0 Å². The van der Waals surface area contributed by atoms with Gasteiger partial charge in [0.15, 0.2) is 0 Å². The van der Waals surface area contributed by atoms with Gasteiger partial charge in [-0.2, -0.15) is 7.11 Å². The molecule has 2 heteroatoms. The van der Waals surface area contributed by atoms with E-state index in [1.165, 1.54) is 0 Å². The summed E-state index contributed by atoms with van der Waals surface area (Å²) in [5, 5.41) is 8.25. The molecule has 0 heterocycles. The average Bonchev–Trinajstić information content (AvgIpc) is 1.36. The van der Waals surface area contributed by atoms with E-state index in [0.717, 1.165) is 7.11 Å². The molecule has 0 saturated carbocycles. The molecular formula is C5H15OP. The molecule has 0 aromatic heterocycles. The molecule has 0 rings (SSSR count). The molecule has 0 saturated heterocycles. The van der Waals surface area contributed by atoms with E-state index in [4.69, 9.17) is 5.11 Å². The van der Waals surface area contributed by atoms with Crippen LogP contribution in [0.15, 0.2) is 0 Å². The molecule has 0 fully saturated rings. The second-order valence-corrected chi connectivity index (χ2v) is 8.05. The van der Waals surface area contributed by atoms with Crippen molar-refractivity contribution in [2.75, 3.05) is 33.8 Å². The van der Waals surface area contributed by atoms with Gasteiger partial charge >= 0.3 is 0 Å². The average molecular weight is 122 g/mol. The fraction of sp³-hybridized carbons (Fsp3) is 1.00. The number of hydrogen-bond donors (Lipinski definition) is 0. The second-order valence-electron chi connectivity index (χ2n) is 2.68. The second kappa shape index (κ2) is 4.55. The van der Waals surface area contributed by atoms with E-state index in [1.807, 2.05) is 0 Å². The zero-order valence-corrected chi connectivity index (χ0v) is 6.75. The van der Waals surface area contributed by atoms with Crippen LogP contribution in [-0.2, 0) is 0 Å². The summed E-state index contributed by atoms with van der Waals surface area (Å²) < 4.78 is 0. The molecule has 7 heavy (non-hydrogen) atoms. The summed E-state index contributed by atoms with van der Waals surface area (Å²) in [5.74, 6) is 0. The minimum absolute atomic E-state index is 0.389. The monoisotopic (exact) mass is 122 g/mol. The van der Waals surface area contributed by atoms with Crippen molar-refractivity contribution in [3.05, 3.63) is 0 Å². The lowest BCUT2D eigenvalue weighted by Gasteiger charge is -1.97. The summed E-state index contributed by atoms with van der Waals surface area (Å²) >= 11 is 0. The lowest BCUT2D eigenvalue weighted by molar-refractivity contribution is -0.325. The Hall–Kier alpha value is 0.390. The van der Waals surface area contributed by atoms with Gasteiger partial charge in [0.25, 0.3) is 0 Å². The van der Waals surface area contributed by atoms with Crippen molar-refractivity contribution in [2.45, 2.75) is 0 Å². The van der Waals surface area contributed by atoms with Crippen molar-refractivity contribution in [1.82, 2.24) is 0 Å². The van der Waals surface area contributed by atoms with Gasteiger partial charge < -0.3 is 5.11 Å². The SMILES string of the molecule is C[O-].C[P+](C)(C)C. The van der Waals surface area contributed by atoms with Gasteiger partial charge in [0.05, 0.1) is 0 Å². The minimum atomic E-state index is -0.389. The highest BCUT2D eigenvalue weighted by atomic mass is 31.2. The van der Waals surface area contributed by atoms with Crippen LogP contribution >= 0.6 is 7.26 Å². The van der Waals surface area contributed by atoms with Crippen LogP contribution in [0.25, 0.3) is 0 Å². The van der Waals surface area contributed by atoms with Gasteiger partial charge in [-0.3, -0.25) is 0 Å². The maximum Gasteiger partial charge on any atom is 0.0481 e. The Bertz CT molecular complexity index is 23.6. The van der Waals surface area contributed by atoms with Crippen LogP contribution in [0.1, 0.15) is 0 Å².